The number of unbranched alkanes of at least 4 members (excludes halogenated alkanes) is 2. The molecule has 0 aromatic carbocycles. The number of carbonyl (C=O) groups is 1. The molecule has 0 saturated heterocycles. The number of carbonyl (C=O) groups excluding carboxylic acids is 1. The molecule has 0 spiro atoms. The molecule has 1 aromatic heterocycles. The van der Waals surface area contributed by atoms with Crippen LogP contribution in [-0.2, 0) is 4.79 Å². The van der Waals surface area contributed by atoms with E-state index in [1.54, 1.807) is 18.6 Å². The lowest BCUT2D eigenvalue weighted by Gasteiger charge is -2.21. The minimum absolute atomic E-state index is 0.0790. The van der Waals surface area contributed by atoms with E-state index in [1.807, 2.05) is 12.1 Å². The maximum Gasteiger partial charge on any atom is 0.240 e. The highest BCUT2D eigenvalue weighted by Gasteiger charge is 2.35. The van der Waals surface area contributed by atoms with Gasteiger partial charge in [0.1, 0.15) is 0 Å². The van der Waals surface area contributed by atoms with Crippen molar-refractivity contribution in [3.63, 3.8) is 0 Å². The lowest BCUT2D eigenvalue weighted by atomic mass is 9.87. The first-order chi connectivity index (χ1) is 11.2. The fourth-order valence-corrected chi connectivity index (χ4v) is 3.35. The maximum absolute atomic E-state index is 12.0. The quantitative estimate of drug-likeness (QED) is 0.440. The number of aliphatic hydroxyl groups excluding tert-OH is 1. The van der Waals surface area contributed by atoms with Gasteiger partial charge in [0.15, 0.2) is 0 Å². The smallest absolute Gasteiger partial charge is 0.240 e. The average molecular weight is 317 g/mol. The molecule has 2 rings (SSSR count). The van der Waals surface area contributed by atoms with Crippen LogP contribution in [0.2, 0.25) is 0 Å². The third kappa shape index (κ3) is 5.75. The van der Waals surface area contributed by atoms with Gasteiger partial charge in [-0.2, -0.15) is 5.10 Å². The van der Waals surface area contributed by atoms with Gasteiger partial charge in [-0.3, -0.25) is 9.78 Å². The SMILES string of the molecule is CCCCC[C@H]1[C@@H](CC(=O)N/N=C\c2cccnc2)CC[C@@H]1O. The summed E-state index contributed by atoms with van der Waals surface area (Å²) in [6.07, 6.45) is 11.4. The molecule has 0 radical (unpaired) electrons. The second-order valence-electron chi connectivity index (χ2n) is 6.35. The Balaban J connectivity index is 1.78. The van der Waals surface area contributed by atoms with Crippen LogP contribution < -0.4 is 5.43 Å². The number of amides is 1. The van der Waals surface area contributed by atoms with Gasteiger partial charge >= 0.3 is 0 Å². The summed E-state index contributed by atoms with van der Waals surface area (Å²) >= 11 is 0. The minimum Gasteiger partial charge on any atom is -0.393 e. The van der Waals surface area contributed by atoms with Gasteiger partial charge in [0.25, 0.3) is 0 Å². The van der Waals surface area contributed by atoms with Crippen LogP contribution in [0.25, 0.3) is 0 Å². The number of hydrazone groups is 1. The highest BCUT2D eigenvalue weighted by atomic mass is 16.3. The Bertz CT molecular complexity index is 504. The number of rotatable bonds is 8. The third-order valence-electron chi connectivity index (χ3n) is 4.61. The predicted octanol–water partition coefficient (Wildman–Crippen LogP) is 2.89. The van der Waals surface area contributed by atoms with Gasteiger partial charge in [0.05, 0.1) is 12.3 Å². The van der Waals surface area contributed by atoms with Crippen LogP contribution in [0.1, 0.15) is 57.4 Å². The number of hydrogen-bond acceptors (Lipinski definition) is 4. The molecule has 1 aliphatic carbocycles. The van der Waals surface area contributed by atoms with Crippen LogP contribution in [-0.4, -0.2) is 28.3 Å². The van der Waals surface area contributed by atoms with Crippen molar-refractivity contribution in [2.24, 2.45) is 16.9 Å². The number of nitrogens with zero attached hydrogens (tertiary/aromatic N) is 2. The molecule has 1 aromatic rings. The molecule has 1 aliphatic rings. The van der Waals surface area contributed by atoms with Crippen LogP contribution in [0.3, 0.4) is 0 Å². The summed E-state index contributed by atoms with van der Waals surface area (Å²) in [6, 6.07) is 3.70. The normalized spacial score (nSPS) is 24.2. The van der Waals surface area contributed by atoms with Gasteiger partial charge in [-0.05, 0) is 37.2 Å². The van der Waals surface area contributed by atoms with Crippen molar-refractivity contribution in [3.05, 3.63) is 30.1 Å². The molecule has 5 heteroatoms. The van der Waals surface area contributed by atoms with Gasteiger partial charge in [-0.1, -0.05) is 32.3 Å². The lowest BCUT2D eigenvalue weighted by Crippen LogP contribution is -2.25. The van der Waals surface area contributed by atoms with Gasteiger partial charge in [0.2, 0.25) is 5.91 Å². The summed E-state index contributed by atoms with van der Waals surface area (Å²) in [7, 11) is 0. The van der Waals surface area contributed by atoms with Crippen molar-refractivity contribution in [1.29, 1.82) is 0 Å². The zero-order chi connectivity index (χ0) is 16.5. The molecule has 1 fully saturated rings. The second-order valence-corrected chi connectivity index (χ2v) is 6.35. The molecule has 2 N–H and O–H groups in total. The molecule has 0 aliphatic heterocycles. The first kappa shape index (κ1) is 17.6. The Morgan fingerprint density at radius 3 is 3.09 bits per heavy atom. The van der Waals surface area contributed by atoms with Crippen molar-refractivity contribution in [2.75, 3.05) is 0 Å². The maximum atomic E-state index is 12.0. The largest absolute Gasteiger partial charge is 0.393 e. The number of nitrogens with one attached hydrogen (secondary N) is 1. The summed E-state index contributed by atoms with van der Waals surface area (Å²) in [5, 5.41) is 14.1. The van der Waals surface area contributed by atoms with Crippen molar-refractivity contribution in [1.82, 2.24) is 10.4 Å². The molecule has 1 heterocycles. The van der Waals surface area contributed by atoms with Crippen LogP contribution in [0.15, 0.2) is 29.6 Å². The fraction of sp³-hybridized carbons (Fsp3) is 0.611. The van der Waals surface area contributed by atoms with E-state index in [2.05, 4.69) is 22.4 Å². The standard InChI is InChI=1S/C18H27N3O2/c1-2-3-4-7-16-15(8-9-17(16)22)11-18(23)21-20-13-14-6-5-10-19-12-14/h5-6,10,12-13,15-17,22H,2-4,7-9,11H2,1H3,(H,21,23)/b20-13-/t15-,16+,17+/m1/s1. The van der Waals surface area contributed by atoms with E-state index in [0.717, 1.165) is 31.2 Å². The molecule has 0 unspecified atom stereocenters. The van der Waals surface area contributed by atoms with Crippen LogP contribution in [0.5, 0.6) is 0 Å². The van der Waals surface area contributed by atoms with E-state index in [0.29, 0.717) is 6.42 Å². The number of hydrogen-bond donors (Lipinski definition) is 2. The van der Waals surface area contributed by atoms with Gasteiger partial charge < -0.3 is 5.11 Å². The minimum atomic E-state index is -0.247. The zero-order valence-electron chi connectivity index (χ0n) is 13.8. The summed E-state index contributed by atoms with van der Waals surface area (Å²) < 4.78 is 0. The molecule has 1 saturated carbocycles. The van der Waals surface area contributed by atoms with Gasteiger partial charge in [0, 0.05) is 24.4 Å². The van der Waals surface area contributed by atoms with E-state index in [4.69, 9.17) is 0 Å². The first-order valence-corrected chi connectivity index (χ1v) is 8.60. The predicted molar refractivity (Wildman–Crippen MR) is 91.0 cm³/mol. The van der Waals surface area contributed by atoms with Crippen LogP contribution in [0, 0.1) is 11.8 Å². The number of aromatic nitrogens is 1. The van der Waals surface area contributed by atoms with E-state index in [-0.39, 0.29) is 23.8 Å². The van der Waals surface area contributed by atoms with Crippen molar-refractivity contribution < 1.29 is 9.90 Å². The molecule has 0 bridgehead atoms. The van der Waals surface area contributed by atoms with E-state index in [1.165, 1.54) is 12.8 Å². The van der Waals surface area contributed by atoms with Crippen LogP contribution >= 0.6 is 0 Å². The first-order valence-electron chi connectivity index (χ1n) is 8.60. The lowest BCUT2D eigenvalue weighted by molar-refractivity contribution is -0.122. The van der Waals surface area contributed by atoms with Crippen LogP contribution in [0.4, 0.5) is 0 Å². The van der Waals surface area contributed by atoms with Crippen molar-refractivity contribution in [3.8, 4) is 0 Å². The fourth-order valence-electron chi connectivity index (χ4n) is 3.35. The van der Waals surface area contributed by atoms with E-state index >= 15 is 0 Å². The molecule has 5 nitrogen and oxygen atoms in total. The topological polar surface area (TPSA) is 74.6 Å². The Kier molecular flexibility index (Phi) is 7.20. The Morgan fingerprint density at radius 1 is 1.48 bits per heavy atom. The average Bonchev–Trinajstić information content (AvgIpc) is 2.89. The van der Waals surface area contributed by atoms with E-state index in [9.17, 15) is 9.90 Å². The summed E-state index contributed by atoms with van der Waals surface area (Å²) in [4.78, 5) is 16.0. The second kappa shape index (κ2) is 9.40. The molecule has 1 amide bonds. The monoisotopic (exact) mass is 317 g/mol. The summed E-state index contributed by atoms with van der Waals surface area (Å²) in [5.74, 6) is 0.454. The highest BCUT2D eigenvalue weighted by Crippen LogP contribution is 2.37. The van der Waals surface area contributed by atoms with Crippen molar-refractivity contribution >= 4 is 12.1 Å². The third-order valence-corrected chi connectivity index (χ3v) is 4.61. The van der Waals surface area contributed by atoms with Crippen molar-refractivity contribution in [2.45, 2.75) is 58.0 Å². The molecule has 126 valence electrons. The Hall–Kier alpha value is -1.75. The number of aliphatic hydroxyl groups is 1. The summed E-state index contributed by atoms with van der Waals surface area (Å²) in [6.45, 7) is 2.18. The molecular weight excluding hydrogens is 290 g/mol. The van der Waals surface area contributed by atoms with E-state index < -0.39 is 0 Å². The number of pyridine rings is 1. The van der Waals surface area contributed by atoms with Gasteiger partial charge in [-0.25, -0.2) is 5.43 Å². The van der Waals surface area contributed by atoms with Gasteiger partial charge in [-0.15, -0.1) is 0 Å². The summed E-state index contributed by atoms with van der Waals surface area (Å²) in [5.41, 5.74) is 3.43. The highest BCUT2D eigenvalue weighted by molar-refractivity contribution is 5.82. The zero-order valence-corrected chi connectivity index (χ0v) is 13.8. The molecular formula is C18H27N3O2. The Morgan fingerprint density at radius 2 is 2.35 bits per heavy atom. The molecule has 3 atom stereocenters. The Labute approximate surface area is 138 Å². The molecule has 23 heavy (non-hydrogen) atoms.